The zero-order valence-corrected chi connectivity index (χ0v) is 21.1. The second-order valence-electron chi connectivity index (χ2n) is 8.77. The van der Waals surface area contributed by atoms with Gasteiger partial charge in [-0.3, -0.25) is 4.79 Å². The Morgan fingerprint density at radius 3 is 2.68 bits per heavy atom. The van der Waals surface area contributed by atoms with E-state index >= 15 is 0 Å². The lowest BCUT2D eigenvalue weighted by Crippen LogP contribution is -2.39. The van der Waals surface area contributed by atoms with Crippen LogP contribution in [0.3, 0.4) is 0 Å². The van der Waals surface area contributed by atoms with Crippen LogP contribution in [0, 0.1) is 5.92 Å². The Hall–Kier alpha value is -2.36. The average Bonchev–Trinajstić information content (AvgIpc) is 3.26. The predicted octanol–water partition coefficient (Wildman–Crippen LogP) is 4.21. The Morgan fingerprint density at radius 2 is 1.94 bits per heavy atom. The van der Waals surface area contributed by atoms with Crippen molar-refractivity contribution in [2.45, 2.75) is 49.1 Å². The minimum absolute atomic E-state index is 0.118. The van der Waals surface area contributed by atoms with Crippen LogP contribution < -0.4 is 4.72 Å². The molecule has 0 spiro atoms. The molecule has 0 saturated carbocycles. The summed E-state index contributed by atoms with van der Waals surface area (Å²) < 4.78 is 27.6. The molecule has 34 heavy (non-hydrogen) atoms. The molecule has 1 saturated heterocycles. The van der Waals surface area contributed by atoms with Crippen molar-refractivity contribution >= 4 is 38.7 Å². The lowest BCUT2D eigenvalue weighted by molar-refractivity contribution is -0.129. The molecular weight excluding hydrogens is 468 g/mol. The highest BCUT2D eigenvalue weighted by atomic mass is 32.2. The molecule has 0 bridgehead atoms. The zero-order chi connectivity index (χ0) is 24.0. The van der Waals surface area contributed by atoms with E-state index in [0.29, 0.717) is 34.4 Å². The molecule has 1 aliphatic rings. The van der Waals surface area contributed by atoms with Gasteiger partial charge in [-0.1, -0.05) is 55.4 Å². The first-order valence-electron chi connectivity index (χ1n) is 11.9. The van der Waals surface area contributed by atoms with Crippen molar-refractivity contribution in [3.05, 3.63) is 54.1 Å². The summed E-state index contributed by atoms with van der Waals surface area (Å²) >= 11 is 1.36. The maximum Gasteiger partial charge on any atom is 0.240 e. The fourth-order valence-corrected chi connectivity index (χ4v) is 6.11. The molecule has 0 unspecified atom stereocenters. The van der Waals surface area contributed by atoms with Crippen molar-refractivity contribution in [2.24, 2.45) is 5.92 Å². The molecule has 0 atom stereocenters. The van der Waals surface area contributed by atoms with Crippen molar-refractivity contribution in [3.8, 4) is 0 Å². The number of carbonyl (C=O) groups excluding carboxylic acids is 1. The number of rotatable bonds is 10. The van der Waals surface area contributed by atoms with Gasteiger partial charge in [-0.15, -0.1) is 0 Å². The summed E-state index contributed by atoms with van der Waals surface area (Å²) in [6.07, 6.45) is 4.85. The number of likely N-dealkylation sites (tertiary alicyclic amines) is 1. The number of aromatic amines is 1. The van der Waals surface area contributed by atoms with E-state index in [2.05, 4.69) is 39.0 Å². The largest absolute Gasteiger partial charge is 0.342 e. The molecule has 3 aromatic rings. The number of H-pyrrole nitrogens is 1. The van der Waals surface area contributed by atoms with Gasteiger partial charge in [0.15, 0.2) is 5.16 Å². The molecule has 1 fully saturated rings. The number of aromatic nitrogens is 2. The van der Waals surface area contributed by atoms with Crippen molar-refractivity contribution < 1.29 is 13.2 Å². The van der Waals surface area contributed by atoms with E-state index in [1.165, 1.54) is 17.3 Å². The van der Waals surface area contributed by atoms with E-state index in [9.17, 15) is 13.2 Å². The summed E-state index contributed by atoms with van der Waals surface area (Å²) in [7, 11) is -3.54. The van der Waals surface area contributed by atoms with Crippen molar-refractivity contribution in [3.63, 3.8) is 0 Å². The number of hydrogen-bond donors (Lipinski definition) is 2. The highest BCUT2D eigenvalue weighted by Crippen LogP contribution is 2.25. The van der Waals surface area contributed by atoms with E-state index in [4.69, 9.17) is 0 Å². The van der Waals surface area contributed by atoms with Crippen LogP contribution >= 0.6 is 11.8 Å². The number of nitrogens with one attached hydrogen (secondary N) is 2. The quantitative estimate of drug-likeness (QED) is 0.321. The number of benzene rings is 2. The van der Waals surface area contributed by atoms with Gasteiger partial charge in [-0.25, -0.2) is 18.1 Å². The van der Waals surface area contributed by atoms with Gasteiger partial charge in [-0.2, -0.15) is 0 Å². The molecule has 1 amide bonds. The number of nitrogens with zero attached hydrogens (tertiary/aromatic N) is 2. The molecule has 2 N–H and O–H groups in total. The number of amides is 1. The van der Waals surface area contributed by atoms with E-state index in [0.717, 1.165) is 45.2 Å². The number of hydrogen-bond acceptors (Lipinski definition) is 5. The van der Waals surface area contributed by atoms with Gasteiger partial charge in [-0.05, 0) is 55.4 Å². The van der Waals surface area contributed by atoms with Gasteiger partial charge < -0.3 is 9.88 Å². The average molecular weight is 501 g/mol. The summed E-state index contributed by atoms with van der Waals surface area (Å²) in [5.41, 5.74) is 2.69. The first-order chi connectivity index (χ1) is 16.4. The van der Waals surface area contributed by atoms with E-state index in [1.807, 2.05) is 17.9 Å². The Labute approximate surface area is 205 Å². The van der Waals surface area contributed by atoms with Crippen LogP contribution in [0.2, 0.25) is 0 Å². The number of carbonyl (C=O) groups is 1. The number of sulfonamides is 1. The SMILES string of the molecule is CCCCNS(=O)(=O)c1ccc2nc(SCC(=O)N3CCC(Cc4ccccc4)CC3)[nH]c2c1. The first-order valence-corrected chi connectivity index (χ1v) is 14.4. The fourth-order valence-electron chi connectivity index (χ4n) is 4.22. The molecule has 7 nitrogen and oxygen atoms in total. The number of fused-ring (bicyclic) bond motifs is 1. The van der Waals surface area contributed by atoms with Crippen LogP contribution in [0.1, 0.15) is 38.2 Å². The topological polar surface area (TPSA) is 95.2 Å². The normalized spacial score (nSPS) is 15.1. The summed E-state index contributed by atoms with van der Waals surface area (Å²) in [6, 6.07) is 15.4. The molecule has 2 aromatic carbocycles. The molecule has 1 aromatic heterocycles. The molecule has 2 heterocycles. The minimum Gasteiger partial charge on any atom is -0.342 e. The van der Waals surface area contributed by atoms with Gasteiger partial charge >= 0.3 is 0 Å². The maximum absolute atomic E-state index is 12.7. The standard InChI is InChI=1S/C25H32N4O3S2/c1-2-3-13-26-34(31,32)21-9-10-22-23(17-21)28-25(27-22)33-18-24(30)29-14-11-20(12-15-29)16-19-7-5-4-6-8-19/h4-10,17,20,26H,2-3,11-16,18H2,1H3,(H,27,28). The van der Waals surface area contributed by atoms with Gasteiger partial charge in [0.2, 0.25) is 15.9 Å². The third kappa shape index (κ3) is 6.40. The summed E-state index contributed by atoms with van der Waals surface area (Å²) in [5.74, 6) is 1.05. The highest BCUT2D eigenvalue weighted by Gasteiger charge is 2.23. The van der Waals surface area contributed by atoms with Gasteiger partial charge in [0.1, 0.15) is 0 Å². The van der Waals surface area contributed by atoms with E-state index in [1.54, 1.807) is 18.2 Å². The lowest BCUT2D eigenvalue weighted by Gasteiger charge is -2.32. The Balaban J connectivity index is 1.29. The van der Waals surface area contributed by atoms with Crippen LogP contribution in [0.5, 0.6) is 0 Å². The Kier molecular flexibility index (Phi) is 8.28. The third-order valence-electron chi connectivity index (χ3n) is 6.23. The molecule has 182 valence electrons. The van der Waals surface area contributed by atoms with E-state index in [-0.39, 0.29) is 10.8 Å². The van der Waals surface area contributed by atoms with E-state index < -0.39 is 10.0 Å². The molecule has 0 aliphatic carbocycles. The molecule has 9 heteroatoms. The molecule has 1 aliphatic heterocycles. The second-order valence-corrected chi connectivity index (χ2v) is 11.5. The third-order valence-corrected chi connectivity index (χ3v) is 8.55. The smallest absolute Gasteiger partial charge is 0.240 e. The minimum atomic E-state index is -3.54. The first kappa shape index (κ1) is 24.8. The summed E-state index contributed by atoms with van der Waals surface area (Å²) in [4.78, 5) is 22.6. The number of unbranched alkanes of at least 4 members (excludes halogenated alkanes) is 1. The molecule has 0 radical (unpaired) electrons. The Bertz CT molecular complexity index is 1200. The maximum atomic E-state index is 12.7. The molecule has 4 rings (SSSR count). The number of imidazole rings is 1. The van der Waals surface area contributed by atoms with Crippen LogP contribution in [-0.2, 0) is 21.2 Å². The Morgan fingerprint density at radius 1 is 1.18 bits per heavy atom. The van der Waals surface area contributed by atoms with Crippen LogP contribution in [0.25, 0.3) is 11.0 Å². The number of piperidine rings is 1. The van der Waals surface area contributed by atoms with Crippen LogP contribution in [0.4, 0.5) is 0 Å². The van der Waals surface area contributed by atoms with Crippen molar-refractivity contribution in [1.29, 1.82) is 0 Å². The van der Waals surface area contributed by atoms with Crippen LogP contribution in [0.15, 0.2) is 58.6 Å². The lowest BCUT2D eigenvalue weighted by atomic mass is 9.90. The second kappa shape index (κ2) is 11.4. The van der Waals surface area contributed by atoms with Crippen molar-refractivity contribution in [2.75, 3.05) is 25.4 Å². The fraction of sp³-hybridized carbons (Fsp3) is 0.440. The van der Waals surface area contributed by atoms with Crippen LogP contribution in [-0.4, -0.2) is 54.6 Å². The summed E-state index contributed by atoms with van der Waals surface area (Å²) in [6.45, 7) is 4.03. The zero-order valence-electron chi connectivity index (χ0n) is 19.5. The summed E-state index contributed by atoms with van der Waals surface area (Å²) in [5, 5.41) is 0.621. The van der Waals surface area contributed by atoms with Gasteiger partial charge in [0.05, 0.1) is 21.7 Å². The predicted molar refractivity (Wildman–Crippen MR) is 136 cm³/mol. The molecular formula is C25H32N4O3S2. The highest BCUT2D eigenvalue weighted by molar-refractivity contribution is 7.99. The number of thioether (sulfide) groups is 1. The van der Waals surface area contributed by atoms with Crippen molar-refractivity contribution in [1.82, 2.24) is 19.6 Å². The monoisotopic (exact) mass is 500 g/mol. The van der Waals surface area contributed by atoms with Gasteiger partial charge in [0, 0.05) is 19.6 Å². The van der Waals surface area contributed by atoms with Gasteiger partial charge in [0.25, 0.3) is 0 Å².